The number of likely N-dealkylation sites (tertiary alicyclic amines) is 1. The number of fused-ring (bicyclic) bond motifs is 1. The van der Waals surface area contributed by atoms with Crippen LogP contribution in [-0.4, -0.2) is 77.3 Å². The number of carbonyl (C=O) groups excluding carboxylic acids is 1. The van der Waals surface area contributed by atoms with Gasteiger partial charge in [-0.05, 0) is 42.5 Å². The fraction of sp³-hybridized carbons (Fsp3) is 0.520. The molecule has 2 aromatic rings. The highest BCUT2D eigenvalue weighted by Gasteiger charge is 2.36. The summed E-state index contributed by atoms with van der Waals surface area (Å²) >= 11 is 0. The molecule has 190 valence electrons. The summed E-state index contributed by atoms with van der Waals surface area (Å²) < 4.78 is 32.8. The molecule has 1 aromatic heterocycles. The van der Waals surface area contributed by atoms with E-state index in [0.717, 1.165) is 43.4 Å². The first kappa shape index (κ1) is 24.3. The van der Waals surface area contributed by atoms with Gasteiger partial charge in [-0.1, -0.05) is 6.07 Å². The quantitative estimate of drug-likeness (QED) is 0.611. The lowest BCUT2D eigenvalue weighted by Crippen LogP contribution is -2.49. The molecule has 2 atom stereocenters. The average Bonchev–Trinajstić information content (AvgIpc) is 3.28. The van der Waals surface area contributed by atoms with Gasteiger partial charge in [0.15, 0.2) is 11.6 Å². The molecule has 2 saturated heterocycles. The Hall–Kier alpha value is -3.36. The SMILES string of the molecule is N#CCN1C[C@@H](NC(=O)N2CCc3cnc(NC4CCOCC4)nc3C2)[C@H](c2ccc(F)c(F)c2)C1. The number of anilines is 1. The predicted octanol–water partition coefficient (Wildman–Crippen LogP) is 2.40. The molecule has 0 unspecified atom stereocenters. The van der Waals surface area contributed by atoms with E-state index in [-0.39, 0.29) is 30.6 Å². The Morgan fingerprint density at radius 1 is 1.22 bits per heavy atom. The normalized spacial score (nSPS) is 22.6. The molecule has 36 heavy (non-hydrogen) atoms. The third kappa shape index (κ3) is 5.39. The van der Waals surface area contributed by atoms with Crippen LogP contribution in [0.1, 0.15) is 35.6 Å². The maximum Gasteiger partial charge on any atom is 0.318 e. The second kappa shape index (κ2) is 10.7. The third-order valence-electron chi connectivity index (χ3n) is 7.16. The van der Waals surface area contributed by atoms with Gasteiger partial charge in [0.2, 0.25) is 5.95 Å². The Kier molecular flexibility index (Phi) is 7.25. The van der Waals surface area contributed by atoms with Gasteiger partial charge in [-0.2, -0.15) is 5.26 Å². The number of nitrogens with one attached hydrogen (secondary N) is 2. The molecule has 4 heterocycles. The van der Waals surface area contributed by atoms with E-state index in [2.05, 4.69) is 26.7 Å². The van der Waals surface area contributed by atoms with E-state index in [1.54, 1.807) is 11.0 Å². The summed E-state index contributed by atoms with van der Waals surface area (Å²) in [5.41, 5.74) is 2.44. The number of nitriles is 1. The van der Waals surface area contributed by atoms with Crippen LogP contribution in [0, 0.1) is 23.0 Å². The molecule has 3 aliphatic rings. The number of halogens is 2. The Balaban J connectivity index is 1.26. The molecule has 1 aromatic carbocycles. The number of benzene rings is 1. The molecule has 0 bridgehead atoms. The van der Waals surface area contributed by atoms with E-state index in [4.69, 9.17) is 10.00 Å². The Morgan fingerprint density at radius 3 is 2.83 bits per heavy atom. The van der Waals surface area contributed by atoms with Crippen molar-refractivity contribution < 1.29 is 18.3 Å². The number of carbonyl (C=O) groups is 1. The zero-order chi connectivity index (χ0) is 25.1. The maximum absolute atomic E-state index is 13.9. The number of hydrogen-bond donors (Lipinski definition) is 2. The van der Waals surface area contributed by atoms with Crippen molar-refractivity contribution >= 4 is 12.0 Å². The van der Waals surface area contributed by atoms with Crippen LogP contribution >= 0.6 is 0 Å². The van der Waals surface area contributed by atoms with Crippen LogP contribution in [0.2, 0.25) is 0 Å². The number of hydrogen-bond acceptors (Lipinski definition) is 7. The lowest BCUT2D eigenvalue weighted by atomic mass is 9.94. The van der Waals surface area contributed by atoms with E-state index < -0.39 is 11.6 Å². The first-order chi connectivity index (χ1) is 17.5. The summed E-state index contributed by atoms with van der Waals surface area (Å²) in [7, 11) is 0. The summed E-state index contributed by atoms with van der Waals surface area (Å²) in [6.45, 7) is 3.44. The van der Waals surface area contributed by atoms with Crippen molar-refractivity contribution in [1.29, 1.82) is 5.26 Å². The van der Waals surface area contributed by atoms with Crippen LogP contribution in [0.3, 0.4) is 0 Å². The minimum absolute atomic E-state index is 0.198. The fourth-order valence-electron chi connectivity index (χ4n) is 5.16. The van der Waals surface area contributed by atoms with Gasteiger partial charge in [0.25, 0.3) is 0 Å². The van der Waals surface area contributed by atoms with E-state index in [1.807, 2.05) is 11.1 Å². The van der Waals surface area contributed by atoms with Crippen molar-refractivity contribution in [3.05, 3.63) is 52.9 Å². The van der Waals surface area contributed by atoms with Crippen LogP contribution in [0.4, 0.5) is 19.5 Å². The van der Waals surface area contributed by atoms with Crippen molar-refractivity contribution in [2.24, 2.45) is 0 Å². The molecule has 2 amide bonds. The summed E-state index contributed by atoms with van der Waals surface area (Å²) in [6, 6.07) is 5.63. The number of ether oxygens (including phenoxy) is 1. The predicted molar refractivity (Wildman–Crippen MR) is 127 cm³/mol. The standard InChI is InChI=1S/C25H29F2N7O2/c26-20-2-1-16(11-21(20)27)19-13-33(8-6-28)14-23(19)32-25(35)34-7-3-17-12-29-24(31-22(17)15-34)30-18-4-9-36-10-5-18/h1-2,11-12,18-19,23H,3-5,7-10,13-15H2,(H,32,35)(H,29,30,31)/t19-,23+/m0/s1. The highest BCUT2D eigenvalue weighted by molar-refractivity contribution is 5.75. The number of aromatic nitrogens is 2. The molecular weight excluding hydrogens is 468 g/mol. The van der Waals surface area contributed by atoms with Crippen LogP contribution < -0.4 is 10.6 Å². The summed E-state index contributed by atoms with van der Waals surface area (Å²) in [5.74, 6) is -1.53. The Morgan fingerprint density at radius 2 is 2.06 bits per heavy atom. The lowest BCUT2D eigenvalue weighted by Gasteiger charge is -2.31. The summed E-state index contributed by atoms with van der Waals surface area (Å²) in [5, 5.41) is 15.6. The molecule has 2 N–H and O–H groups in total. The van der Waals surface area contributed by atoms with Gasteiger partial charge >= 0.3 is 6.03 Å². The van der Waals surface area contributed by atoms with Crippen molar-refractivity contribution in [2.45, 2.75) is 43.8 Å². The zero-order valence-corrected chi connectivity index (χ0v) is 19.9. The largest absolute Gasteiger partial charge is 0.381 e. The van der Waals surface area contributed by atoms with Crippen LogP contribution in [0.15, 0.2) is 24.4 Å². The van der Waals surface area contributed by atoms with Crippen molar-refractivity contribution in [1.82, 2.24) is 25.1 Å². The maximum atomic E-state index is 13.9. The molecule has 0 spiro atoms. The van der Waals surface area contributed by atoms with Crippen LogP contribution in [0.5, 0.6) is 0 Å². The summed E-state index contributed by atoms with van der Waals surface area (Å²) in [6.07, 6.45) is 4.28. The lowest BCUT2D eigenvalue weighted by molar-refractivity contribution is 0.0903. The zero-order valence-electron chi connectivity index (χ0n) is 19.9. The topological polar surface area (TPSA) is 106 Å². The number of nitrogens with zero attached hydrogens (tertiary/aromatic N) is 5. The number of rotatable bonds is 5. The molecule has 11 heteroatoms. The molecule has 0 saturated carbocycles. The molecule has 0 aliphatic carbocycles. The van der Waals surface area contributed by atoms with Crippen LogP contribution in [-0.2, 0) is 17.7 Å². The van der Waals surface area contributed by atoms with Crippen molar-refractivity contribution in [3.8, 4) is 6.07 Å². The van der Waals surface area contributed by atoms with E-state index in [1.165, 1.54) is 6.07 Å². The average molecular weight is 498 g/mol. The minimum atomic E-state index is -0.922. The first-order valence-corrected chi connectivity index (χ1v) is 12.3. The smallest absolute Gasteiger partial charge is 0.318 e. The van der Waals surface area contributed by atoms with Gasteiger partial charge in [0, 0.05) is 51.0 Å². The highest BCUT2D eigenvalue weighted by atomic mass is 19.2. The highest BCUT2D eigenvalue weighted by Crippen LogP contribution is 2.29. The molecule has 3 aliphatic heterocycles. The molecule has 5 rings (SSSR count). The van der Waals surface area contributed by atoms with Gasteiger partial charge in [0.1, 0.15) is 0 Å². The number of urea groups is 1. The van der Waals surface area contributed by atoms with Gasteiger partial charge in [-0.3, -0.25) is 4.90 Å². The molecule has 9 nitrogen and oxygen atoms in total. The molecule has 2 fully saturated rings. The molecular formula is C25H29F2N7O2. The number of amides is 2. The first-order valence-electron chi connectivity index (χ1n) is 12.3. The van der Waals surface area contributed by atoms with Crippen LogP contribution in [0.25, 0.3) is 0 Å². The second-order valence-corrected chi connectivity index (χ2v) is 9.56. The monoisotopic (exact) mass is 497 g/mol. The van der Waals surface area contributed by atoms with Crippen molar-refractivity contribution in [2.75, 3.05) is 44.7 Å². The minimum Gasteiger partial charge on any atom is -0.381 e. The Labute approximate surface area is 208 Å². The second-order valence-electron chi connectivity index (χ2n) is 9.56. The summed E-state index contributed by atoms with van der Waals surface area (Å²) in [4.78, 5) is 26.0. The van der Waals surface area contributed by atoms with Crippen molar-refractivity contribution in [3.63, 3.8) is 0 Å². The van der Waals surface area contributed by atoms with E-state index in [0.29, 0.717) is 44.1 Å². The third-order valence-corrected chi connectivity index (χ3v) is 7.16. The van der Waals surface area contributed by atoms with Gasteiger partial charge in [-0.15, -0.1) is 0 Å². The molecule has 0 radical (unpaired) electrons. The van der Waals surface area contributed by atoms with Gasteiger partial charge in [-0.25, -0.2) is 23.5 Å². The van der Waals surface area contributed by atoms with Gasteiger partial charge < -0.3 is 20.3 Å². The van der Waals surface area contributed by atoms with Gasteiger partial charge in [0.05, 0.1) is 30.9 Å². The van der Waals surface area contributed by atoms with E-state index in [9.17, 15) is 13.6 Å². The fourth-order valence-corrected chi connectivity index (χ4v) is 5.16. The Bertz CT molecular complexity index is 1150. The van der Waals surface area contributed by atoms with E-state index >= 15 is 0 Å².